The van der Waals surface area contributed by atoms with Crippen LogP contribution in [-0.2, 0) is 0 Å². The molecule has 1 aromatic carbocycles. The number of nitrogens with zero attached hydrogens (tertiary/aromatic N) is 2. The van der Waals surface area contributed by atoms with Crippen molar-refractivity contribution in [3.8, 4) is 0 Å². The molecule has 4 nitrogen and oxygen atoms in total. The van der Waals surface area contributed by atoms with Gasteiger partial charge in [-0.1, -0.05) is 25.0 Å². The van der Waals surface area contributed by atoms with Crippen LogP contribution in [0.4, 0.5) is 5.69 Å². The van der Waals surface area contributed by atoms with Crippen LogP contribution in [0.5, 0.6) is 0 Å². The van der Waals surface area contributed by atoms with Crippen LogP contribution in [0.3, 0.4) is 0 Å². The summed E-state index contributed by atoms with van der Waals surface area (Å²) in [7, 11) is 2.10. The number of amides is 1. The highest BCUT2D eigenvalue weighted by Gasteiger charge is 2.20. The fourth-order valence-electron chi connectivity index (χ4n) is 3.23. The van der Waals surface area contributed by atoms with Crippen molar-refractivity contribution >= 4 is 11.6 Å². The van der Waals surface area contributed by atoms with Crippen LogP contribution in [0, 0.1) is 0 Å². The third kappa shape index (κ3) is 6.49. The van der Waals surface area contributed by atoms with E-state index < -0.39 is 0 Å². The van der Waals surface area contributed by atoms with E-state index in [1.165, 1.54) is 24.1 Å². The van der Waals surface area contributed by atoms with Gasteiger partial charge in [0, 0.05) is 50.5 Å². The van der Waals surface area contributed by atoms with E-state index in [1.807, 2.05) is 24.3 Å². The Morgan fingerprint density at radius 1 is 1.23 bits per heavy atom. The summed E-state index contributed by atoms with van der Waals surface area (Å²) in [6, 6.07) is 8.27. The van der Waals surface area contributed by atoms with Gasteiger partial charge in [0.05, 0.1) is 0 Å². The van der Waals surface area contributed by atoms with Gasteiger partial charge in [-0.05, 0) is 57.4 Å². The minimum atomic E-state index is 0.0514. The molecule has 0 unspecified atom stereocenters. The van der Waals surface area contributed by atoms with Crippen molar-refractivity contribution in [3.63, 3.8) is 0 Å². The number of benzene rings is 1. The van der Waals surface area contributed by atoms with Crippen molar-refractivity contribution in [2.45, 2.75) is 52.5 Å². The molecule has 1 aliphatic heterocycles. The first kappa shape index (κ1) is 20.5. The van der Waals surface area contributed by atoms with Gasteiger partial charge < -0.3 is 10.2 Å². The van der Waals surface area contributed by atoms with E-state index in [-0.39, 0.29) is 11.9 Å². The van der Waals surface area contributed by atoms with E-state index in [0.717, 1.165) is 44.6 Å². The van der Waals surface area contributed by atoms with Crippen molar-refractivity contribution < 1.29 is 4.79 Å². The molecule has 0 spiro atoms. The summed E-state index contributed by atoms with van der Waals surface area (Å²) in [6.07, 6.45) is 6.71. The van der Waals surface area contributed by atoms with E-state index in [0.29, 0.717) is 0 Å². The predicted molar refractivity (Wildman–Crippen MR) is 111 cm³/mol. The fraction of sp³-hybridized carbons (Fsp3) is 0.591. The maximum absolute atomic E-state index is 12.5. The molecule has 144 valence electrons. The molecule has 2 rings (SSSR count). The smallest absolute Gasteiger partial charge is 0.251 e. The highest BCUT2D eigenvalue weighted by Crippen LogP contribution is 2.16. The van der Waals surface area contributed by atoms with Crippen molar-refractivity contribution in [2.24, 2.45) is 0 Å². The van der Waals surface area contributed by atoms with Crippen LogP contribution >= 0.6 is 0 Å². The van der Waals surface area contributed by atoms with E-state index in [9.17, 15) is 4.79 Å². The van der Waals surface area contributed by atoms with Gasteiger partial charge in [0.1, 0.15) is 0 Å². The Morgan fingerprint density at radius 3 is 2.46 bits per heavy atom. The first-order valence-electron chi connectivity index (χ1n) is 9.97. The lowest BCUT2D eigenvalue weighted by Gasteiger charge is -2.31. The summed E-state index contributed by atoms with van der Waals surface area (Å²) in [5, 5.41) is 3.21. The van der Waals surface area contributed by atoms with Crippen molar-refractivity contribution in [3.05, 3.63) is 41.5 Å². The summed E-state index contributed by atoms with van der Waals surface area (Å²) in [5.74, 6) is 0.0514. The van der Waals surface area contributed by atoms with Crippen molar-refractivity contribution in [1.82, 2.24) is 10.2 Å². The normalized spacial score (nSPS) is 15.5. The zero-order valence-electron chi connectivity index (χ0n) is 16.9. The standard InChI is InChI=1S/C22H35N3O/c1-5-6-14-24(4)21-9-7-19(8-10-21)22(26)23-20-12-16-25(17-13-20)15-11-18(2)3/h7-11,20H,5-6,12-17H2,1-4H3,(H,23,26). The summed E-state index contributed by atoms with van der Waals surface area (Å²) >= 11 is 0. The quantitative estimate of drug-likeness (QED) is 0.712. The molecule has 4 heteroatoms. The molecule has 1 aliphatic rings. The molecule has 0 radical (unpaired) electrons. The number of unbranched alkanes of at least 4 members (excludes halogenated alkanes) is 1. The van der Waals surface area contributed by atoms with Crippen LogP contribution in [0.2, 0.25) is 0 Å². The van der Waals surface area contributed by atoms with E-state index in [4.69, 9.17) is 0 Å². The third-order valence-corrected chi connectivity index (χ3v) is 5.10. The molecular formula is C22H35N3O. The summed E-state index contributed by atoms with van der Waals surface area (Å²) in [6.45, 7) is 10.7. The second-order valence-corrected chi connectivity index (χ2v) is 7.65. The Labute approximate surface area is 159 Å². The summed E-state index contributed by atoms with van der Waals surface area (Å²) in [4.78, 5) is 17.2. The highest BCUT2D eigenvalue weighted by molar-refractivity contribution is 5.94. The first-order chi connectivity index (χ1) is 12.5. The number of likely N-dealkylation sites (tertiary alicyclic amines) is 1. The fourth-order valence-corrected chi connectivity index (χ4v) is 3.23. The molecule has 0 bridgehead atoms. The minimum absolute atomic E-state index is 0.0514. The minimum Gasteiger partial charge on any atom is -0.375 e. The van der Waals surface area contributed by atoms with Crippen LogP contribution in [0.25, 0.3) is 0 Å². The van der Waals surface area contributed by atoms with Gasteiger partial charge in [-0.15, -0.1) is 0 Å². The molecule has 26 heavy (non-hydrogen) atoms. The lowest BCUT2D eigenvalue weighted by Crippen LogP contribution is -2.44. The van der Waals surface area contributed by atoms with E-state index in [1.54, 1.807) is 0 Å². The number of nitrogens with one attached hydrogen (secondary N) is 1. The molecular weight excluding hydrogens is 322 g/mol. The van der Waals surface area contributed by atoms with Gasteiger partial charge in [-0.2, -0.15) is 0 Å². The molecule has 1 N–H and O–H groups in total. The van der Waals surface area contributed by atoms with E-state index >= 15 is 0 Å². The molecule has 0 saturated carbocycles. The van der Waals surface area contributed by atoms with Crippen molar-refractivity contribution in [2.75, 3.05) is 38.1 Å². The van der Waals surface area contributed by atoms with Crippen LogP contribution < -0.4 is 10.2 Å². The average molecular weight is 358 g/mol. The number of hydrogen-bond donors (Lipinski definition) is 1. The van der Waals surface area contributed by atoms with Gasteiger partial charge in [-0.25, -0.2) is 0 Å². The SMILES string of the molecule is CCCCN(C)c1ccc(C(=O)NC2CCN(CC=C(C)C)CC2)cc1. The first-order valence-corrected chi connectivity index (χ1v) is 9.97. The Morgan fingerprint density at radius 2 is 1.88 bits per heavy atom. The Hall–Kier alpha value is -1.81. The van der Waals surface area contributed by atoms with Crippen LogP contribution in [-0.4, -0.2) is 50.1 Å². The molecule has 1 fully saturated rings. The van der Waals surface area contributed by atoms with Gasteiger partial charge in [-0.3, -0.25) is 9.69 Å². The maximum atomic E-state index is 12.5. The second kappa shape index (κ2) is 10.4. The summed E-state index contributed by atoms with van der Waals surface area (Å²) < 4.78 is 0. The van der Waals surface area contributed by atoms with Crippen LogP contribution in [0.1, 0.15) is 56.8 Å². The number of anilines is 1. The van der Waals surface area contributed by atoms with Crippen LogP contribution in [0.15, 0.2) is 35.9 Å². The number of piperidine rings is 1. The average Bonchev–Trinajstić information content (AvgIpc) is 2.65. The molecule has 1 amide bonds. The van der Waals surface area contributed by atoms with Crippen molar-refractivity contribution in [1.29, 1.82) is 0 Å². The monoisotopic (exact) mass is 357 g/mol. The summed E-state index contributed by atoms with van der Waals surface area (Å²) in [5.41, 5.74) is 3.29. The zero-order valence-corrected chi connectivity index (χ0v) is 16.9. The highest BCUT2D eigenvalue weighted by atomic mass is 16.1. The molecule has 0 aliphatic carbocycles. The number of carbonyl (C=O) groups excluding carboxylic acids is 1. The van der Waals surface area contributed by atoms with Gasteiger partial charge >= 0.3 is 0 Å². The molecule has 0 atom stereocenters. The number of hydrogen-bond acceptors (Lipinski definition) is 3. The molecule has 0 aromatic heterocycles. The predicted octanol–water partition coefficient (Wildman–Crippen LogP) is 4.08. The Bertz CT molecular complexity index is 582. The second-order valence-electron chi connectivity index (χ2n) is 7.65. The number of carbonyl (C=O) groups is 1. The maximum Gasteiger partial charge on any atom is 0.251 e. The van der Waals surface area contributed by atoms with Gasteiger partial charge in [0.25, 0.3) is 5.91 Å². The number of rotatable bonds is 8. The Kier molecular flexibility index (Phi) is 8.17. The topological polar surface area (TPSA) is 35.6 Å². The van der Waals surface area contributed by atoms with E-state index in [2.05, 4.69) is 49.0 Å². The molecule has 1 heterocycles. The molecule has 1 saturated heterocycles. The lowest BCUT2D eigenvalue weighted by atomic mass is 10.0. The number of allylic oxidation sites excluding steroid dienone is 1. The molecule has 1 aromatic rings. The largest absolute Gasteiger partial charge is 0.375 e. The Balaban J connectivity index is 1.80. The zero-order chi connectivity index (χ0) is 18.9. The lowest BCUT2D eigenvalue weighted by molar-refractivity contribution is 0.0914. The third-order valence-electron chi connectivity index (χ3n) is 5.10. The van der Waals surface area contributed by atoms with Gasteiger partial charge in [0.2, 0.25) is 0 Å². The van der Waals surface area contributed by atoms with Gasteiger partial charge in [0.15, 0.2) is 0 Å².